The van der Waals surface area contributed by atoms with Gasteiger partial charge in [0.25, 0.3) is 5.19 Å². The van der Waals surface area contributed by atoms with Crippen LogP contribution in [0.1, 0.15) is 25.7 Å². The molecule has 0 amide bonds. The molecule has 3 nitrogen and oxygen atoms in total. The molecule has 2 rings (SSSR count). The fourth-order valence-electron chi connectivity index (χ4n) is 1.74. The highest BCUT2D eigenvalue weighted by Crippen LogP contribution is 2.15. The van der Waals surface area contributed by atoms with Gasteiger partial charge >= 0.3 is 0 Å². The quantitative estimate of drug-likeness (QED) is 0.829. The maximum Gasteiger partial charge on any atom is 0.273 e. The van der Waals surface area contributed by atoms with E-state index in [9.17, 15) is 0 Å². The van der Waals surface area contributed by atoms with Gasteiger partial charge in [0.05, 0.1) is 6.61 Å². The zero-order chi connectivity index (χ0) is 9.64. The highest BCUT2D eigenvalue weighted by Gasteiger charge is 2.12. The molecular weight excluding hydrogens is 196 g/mol. The van der Waals surface area contributed by atoms with Crippen molar-refractivity contribution in [3.05, 3.63) is 11.6 Å². The lowest BCUT2D eigenvalue weighted by atomic mass is 10.0. The first-order valence-electron chi connectivity index (χ1n) is 5.21. The average Bonchev–Trinajstić information content (AvgIpc) is 2.72. The number of hydrogen-bond acceptors (Lipinski definition) is 4. The number of aromatic nitrogens is 1. The van der Waals surface area contributed by atoms with Gasteiger partial charge in [0.15, 0.2) is 0 Å². The lowest BCUT2D eigenvalue weighted by Gasteiger charge is -2.22. The molecule has 0 bridgehead atoms. The number of hydrogen-bond donors (Lipinski definition) is 1. The lowest BCUT2D eigenvalue weighted by molar-refractivity contribution is 0.267. The van der Waals surface area contributed by atoms with Crippen molar-refractivity contribution >= 4 is 11.3 Å². The van der Waals surface area contributed by atoms with Gasteiger partial charge in [-0.15, -0.1) is 0 Å². The summed E-state index contributed by atoms with van der Waals surface area (Å²) < 4.78 is 5.52. The summed E-state index contributed by atoms with van der Waals surface area (Å²) in [5.41, 5.74) is 0. The molecule has 14 heavy (non-hydrogen) atoms. The molecule has 0 aromatic carbocycles. The van der Waals surface area contributed by atoms with Gasteiger partial charge in [-0.2, -0.15) is 0 Å². The van der Waals surface area contributed by atoms with Crippen molar-refractivity contribution in [2.75, 3.05) is 13.2 Å². The van der Waals surface area contributed by atoms with Crippen LogP contribution in [0.2, 0.25) is 0 Å². The molecule has 1 aliphatic heterocycles. The number of nitrogens with zero attached hydrogens (tertiary/aromatic N) is 1. The van der Waals surface area contributed by atoms with Crippen LogP contribution in [0.15, 0.2) is 11.6 Å². The summed E-state index contributed by atoms with van der Waals surface area (Å²) in [6.45, 7) is 1.95. The van der Waals surface area contributed by atoms with Crippen LogP contribution in [0.25, 0.3) is 0 Å². The minimum atomic E-state index is 0.656. The van der Waals surface area contributed by atoms with Crippen molar-refractivity contribution in [1.29, 1.82) is 0 Å². The Morgan fingerprint density at radius 2 is 2.57 bits per heavy atom. The fraction of sp³-hybridized carbons (Fsp3) is 0.700. The van der Waals surface area contributed by atoms with Crippen molar-refractivity contribution in [2.45, 2.75) is 31.7 Å². The molecule has 0 spiro atoms. The monoisotopic (exact) mass is 212 g/mol. The van der Waals surface area contributed by atoms with Crippen molar-refractivity contribution in [2.24, 2.45) is 0 Å². The Morgan fingerprint density at radius 3 is 3.29 bits per heavy atom. The third kappa shape index (κ3) is 2.96. The number of nitrogens with one attached hydrogen (secondary N) is 1. The largest absolute Gasteiger partial charge is 0.470 e. The first kappa shape index (κ1) is 9.93. The molecule has 0 aliphatic carbocycles. The van der Waals surface area contributed by atoms with Gasteiger partial charge in [0.2, 0.25) is 0 Å². The minimum absolute atomic E-state index is 0.656. The van der Waals surface area contributed by atoms with Gasteiger partial charge in [-0.3, -0.25) is 0 Å². The second-order valence-electron chi connectivity index (χ2n) is 3.58. The molecule has 1 aliphatic rings. The van der Waals surface area contributed by atoms with Crippen LogP contribution in [-0.4, -0.2) is 24.2 Å². The van der Waals surface area contributed by atoms with Crippen LogP contribution >= 0.6 is 11.3 Å². The van der Waals surface area contributed by atoms with Crippen molar-refractivity contribution in [1.82, 2.24) is 10.3 Å². The van der Waals surface area contributed by atoms with Crippen LogP contribution in [0.3, 0.4) is 0 Å². The van der Waals surface area contributed by atoms with Crippen molar-refractivity contribution < 1.29 is 4.74 Å². The second kappa shape index (κ2) is 5.32. The zero-order valence-corrected chi connectivity index (χ0v) is 9.05. The first-order chi connectivity index (χ1) is 6.95. The van der Waals surface area contributed by atoms with E-state index in [0.717, 1.165) is 18.2 Å². The molecule has 4 heteroatoms. The average molecular weight is 212 g/mol. The van der Waals surface area contributed by atoms with E-state index in [4.69, 9.17) is 4.74 Å². The second-order valence-corrected chi connectivity index (χ2v) is 4.44. The summed E-state index contributed by atoms with van der Waals surface area (Å²) in [7, 11) is 0. The molecule has 1 aromatic rings. The lowest BCUT2D eigenvalue weighted by Crippen LogP contribution is -2.35. The summed E-state index contributed by atoms with van der Waals surface area (Å²) in [4.78, 5) is 4.07. The Bertz CT molecular complexity index is 245. The number of piperidine rings is 1. The summed E-state index contributed by atoms with van der Waals surface area (Å²) in [6.07, 6.45) is 6.85. The fourth-order valence-corrected chi connectivity index (χ4v) is 2.25. The van der Waals surface area contributed by atoms with E-state index in [1.807, 2.05) is 5.38 Å². The molecule has 0 unspecified atom stereocenters. The van der Waals surface area contributed by atoms with Gasteiger partial charge in [-0.1, -0.05) is 17.8 Å². The number of thiazole rings is 1. The van der Waals surface area contributed by atoms with Crippen molar-refractivity contribution in [3.8, 4) is 5.19 Å². The Morgan fingerprint density at radius 1 is 1.57 bits per heavy atom. The summed E-state index contributed by atoms with van der Waals surface area (Å²) in [6, 6.07) is 0.656. The third-order valence-corrected chi connectivity index (χ3v) is 3.20. The van der Waals surface area contributed by atoms with Crippen LogP contribution in [0, 0.1) is 0 Å². The molecule has 1 fully saturated rings. The van der Waals surface area contributed by atoms with E-state index in [1.165, 1.54) is 25.8 Å². The number of rotatable bonds is 4. The Balaban J connectivity index is 1.62. The van der Waals surface area contributed by atoms with Gasteiger partial charge < -0.3 is 10.1 Å². The SMILES string of the molecule is c1csc(OCC[C@H]2CCCCN2)n1. The number of ether oxygens (including phenoxy) is 1. The van der Waals surface area contributed by atoms with Crippen LogP contribution in [0.4, 0.5) is 0 Å². The predicted octanol–water partition coefficient (Wildman–Crippen LogP) is 2.05. The molecule has 0 saturated carbocycles. The van der Waals surface area contributed by atoms with E-state index in [0.29, 0.717) is 6.04 Å². The third-order valence-electron chi connectivity index (χ3n) is 2.51. The minimum Gasteiger partial charge on any atom is -0.470 e. The summed E-state index contributed by atoms with van der Waals surface area (Å²) >= 11 is 1.56. The maximum atomic E-state index is 5.52. The van der Waals surface area contributed by atoms with Gasteiger partial charge in [0, 0.05) is 17.6 Å². The van der Waals surface area contributed by atoms with E-state index >= 15 is 0 Å². The predicted molar refractivity (Wildman–Crippen MR) is 57.9 cm³/mol. The van der Waals surface area contributed by atoms with E-state index < -0.39 is 0 Å². The van der Waals surface area contributed by atoms with Gasteiger partial charge in [0.1, 0.15) is 0 Å². The molecular formula is C10H16N2OS. The molecule has 2 heterocycles. The van der Waals surface area contributed by atoms with E-state index in [-0.39, 0.29) is 0 Å². The van der Waals surface area contributed by atoms with Crippen LogP contribution < -0.4 is 10.1 Å². The Kier molecular flexibility index (Phi) is 3.77. The topological polar surface area (TPSA) is 34.1 Å². The van der Waals surface area contributed by atoms with Gasteiger partial charge in [-0.05, 0) is 25.8 Å². The van der Waals surface area contributed by atoms with E-state index in [2.05, 4.69) is 10.3 Å². The highest BCUT2D eigenvalue weighted by atomic mass is 32.1. The normalized spacial score (nSPS) is 22.1. The molecule has 78 valence electrons. The molecule has 1 aromatic heterocycles. The molecule has 1 atom stereocenters. The summed E-state index contributed by atoms with van der Waals surface area (Å²) in [5.74, 6) is 0. The molecule has 1 N–H and O–H groups in total. The van der Waals surface area contributed by atoms with Crippen LogP contribution in [0.5, 0.6) is 5.19 Å². The zero-order valence-electron chi connectivity index (χ0n) is 8.24. The van der Waals surface area contributed by atoms with E-state index in [1.54, 1.807) is 17.5 Å². The van der Waals surface area contributed by atoms with Crippen molar-refractivity contribution in [3.63, 3.8) is 0 Å². The first-order valence-corrected chi connectivity index (χ1v) is 6.09. The van der Waals surface area contributed by atoms with Gasteiger partial charge in [-0.25, -0.2) is 4.98 Å². The summed E-state index contributed by atoms with van der Waals surface area (Å²) in [5, 5.41) is 6.23. The molecule has 1 saturated heterocycles. The Labute approximate surface area is 88.5 Å². The van der Waals surface area contributed by atoms with Crippen LogP contribution in [-0.2, 0) is 0 Å². The standard InChI is InChI=1S/C10H16N2OS/c1-2-5-11-9(3-1)4-7-13-10-12-6-8-14-10/h6,8-9,11H,1-5,7H2/t9-/m1/s1. The Hall–Kier alpha value is -0.610. The molecule has 0 radical (unpaired) electrons. The highest BCUT2D eigenvalue weighted by molar-refractivity contribution is 7.11. The smallest absolute Gasteiger partial charge is 0.273 e. The maximum absolute atomic E-state index is 5.52.